The summed E-state index contributed by atoms with van der Waals surface area (Å²) >= 11 is 0. The quantitative estimate of drug-likeness (QED) is 0.824. The van der Waals surface area contributed by atoms with Gasteiger partial charge in [-0.3, -0.25) is 0 Å². The number of hydrogen-bond acceptors (Lipinski definition) is 4. The lowest BCUT2D eigenvalue weighted by Crippen LogP contribution is -2.29. The summed E-state index contributed by atoms with van der Waals surface area (Å²) in [6.45, 7) is 8.44. The number of nitrogen functional groups attached to an aromatic ring is 1. The number of rotatable bonds is 5. The second-order valence-corrected chi connectivity index (χ2v) is 4.54. The fourth-order valence-corrected chi connectivity index (χ4v) is 1.98. The Morgan fingerprint density at radius 3 is 2.59 bits per heavy atom. The summed E-state index contributed by atoms with van der Waals surface area (Å²) in [5, 5.41) is 10.4. The molecule has 4 nitrogen and oxygen atoms in total. The zero-order valence-electron chi connectivity index (χ0n) is 11.0. The van der Waals surface area contributed by atoms with Crippen LogP contribution in [0.5, 0.6) is 0 Å². The Hall–Kier alpha value is -1.13. The van der Waals surface area contributed by atoms with Crippen LogP contribution in [0.3, 0.4) is 0 Å². The monoisotopic (exact) mass is 238 g/mol. The van der Waals surface area contributed by atoms with Crippen molar-refractivity contribution in [2.45, 2.75) is 39.9 Å². The molecule has 2 unspecified atom stereocenters. The molecule has 0 aliphatic rings. The van der Waals surface area contributed by atoms with Crippen molar-refractivity contribution in [3.05, 3.63) is 23.4 Å². The second-order valence-electron chi connectivity index (χ2n) is 4.54. The summed E-state index contributed by atoms with van der Waals surface area (Å²) in [6.07, 6.45) is 0.653. The minimum absolute atomic E-state index is 0.212. The van der Waals surface area contributed by atoms with Crippen LogP contribution in [0.25, 0.3) is 0 Å². The van der Waals surface area contributed by atoms with E-state index in [-0.39, 0.29) is 12.0 Å². The first kappa shape index (κ1) is 13.9. The molecule has 1 aromatic heterocycles. The molecule has 0 saturated carbocycles. The predicted molar refractivity (Wildman–Crippen MR) is 68.6 cm³/mol. The van der Waals surface area contributed by atoms with Crippen molar-refractivity contribution in [2.75, 3.05) is 12.3 Å². The summed E-state index contributed by atoms with van der Waals surface area (Å²) in [5.41, 5.74) is 7.45. The van der Waals surface area contributed by atoms with E-state index in [1.807, 2.05) is 33.8 Å². The van der Waals surface area contributed by atoms with Crippen molar-refractivity contribution in [3.8, 4) is 0 Å². The van der Waals surface area contributed by atoms with Gasteiger partial charge in [0.05, 0.1) is 6.10 Å². The van der Waals surface area contributed by atoms with Gasteiger partial charge in [0, 0.05) is 18.4 Å². The van der Waals surface area contributed by atoms with Crippen molar-refractivity contribution in [2.24, 2.45) is 5.92 Å². The maximum Gasteiger partial charge on any atom is 0.129 e. The topological polar surface area (TPSA) is 68.4 Å². The van der Waals surface area contributed by atoms with E-state index in [9.17, 15) is 5.11 Å². The van der Waals surface area contributed by atoms with Gasteiger partial charge in [-0.25, -0.2) is 4.98 Å². The van der Waals surface area contributed by atoms with Crippen LogP contribution < -0.4 is 5.73 Å². The second kappa shape index (κ2) is 5.98. The summed E-state index contributed by atoms with van der Waals surface area (Å²) in [6, 6.07) is 1.85. The molecule has 1 heterocycles. The Bertz CT molecular complexity index is 346. The van der Waals surface area contributed by atoms with Gasteiger partial charge < -0.3 is 15.6 Å². The molecule has 4 heteroatoms. The normalized spacial score (nSPS) is 14.9. The van der Waals surface area contributed by atoms with Gasteiger partial charge in [0.15, 0.2) is 0 Å². The lowest BCUT2D eigenvalue weighted by Gasteiger charge is -2.27. The molecule has 0 spiro atoms. The Balaban J connectivity index is 3.04. The highest BCUT2D eigenvalue weighted by Crippen LogP contribution is 2.29. The molecule has 0 bridgehead atoms. The van der Waals surface area contributed by atoms with E-state index in [1.165, 1.54) is 0 Å². The molecular weight excluding hydrogens is 216 g/mol. The van der Waals surface area contributed by atoms with E-state index >= 15 is 0 Å². The molecule has 0 aliphatic heterocycles. The van der Waals surface area contributed by atoms with Gasteiger partial charge in [0.2, 0.25) is 0 Å². The summed E-state index contributed by atoms with van der Waals surface area (Å²) in [7, 11) is 0. The molecule has 17 heavy (non-hydrogen) atoms. The van der Waals surface area contributed by atoms with Crippen molar-refractivity contribution in [1.82, 2.24) is 4.98 Å². The number of nitrogens with two attached hydrogens (primary N) is 1. The van der Waals surface area contributed by atoms with Crippen molar-refractivity contribution < 1.29 is 9.84 Å². The minimum atomic E-state index is -0.733. The first-order valence-electron chi connectivity index (χ1n) is 5.99. The number of pyridine rings is 1. The first-order valence-corrected chi connectivity index (χ1v) is 5.99. The third-order valence-corrected chi connectivity index (χ3v) is 2.86. The highest BCUT2D eigenvalue weighted by molar-refractivity contribution is 5.45. The SMILES string of the molecule is CCOC(C(C)C)C(O)c1c(C)ccnc1N. The molecule has 0 amide bonds. The molecular formula is C13H22N2O2. The van der Waals surface area contributed by atoms with Gasteiger partial charge in [0.1, 0.15) is 11.9 Å². The van der Waals surface area contributed by atoms with E-state index < -0.39 is 6.10 Å². The highest BCUT2D eigenvalue weighted by Gasteiger charge is 2.27. The van der Waals surface area contributed by atoms with Crippen LogP contribution in [0.15, 0.2) is 12.3 Å². The van der Waals surface area contributed by atoms with Crippen LogP contribution in [0.1, 0.15) is 38.0 Å². The number of aliphatic hydroxyl groups excluding tert-OH is 1. The fraction of sp³-hybridized carbons (Fsp3) is 0.615. The average Bonchev–Trinajstić information content (AvgIpc) is 2.24. The zero-order valence-corrected chi connectivity index (χ0v) is 11.0. The lowest BCUT2D eigenvalue weighted by molar-refractivity contribution is -0.0585. The number of hydrogen-bond donors (Lipinski definition) is 2. The largest absolute Gasteiger partial charge is 0.386 e. The van der Waals surface area contributed by atoms with Crippen LogP contribution in [0, 0.1) is 12.8 Å². The van der Waals surface area contributed by atoms with Crippen LogP contribution in [0.2, 0.25) is 0 Å². The molecule has 1 rings (SSSR count). The number of anilines is 1. The smallest absolute Gasteiger partial charge is 0.129 e. The molecule has 1 aromatic rings. The van der Waals surface area contributed by atoms with Crippen LogP contribution in [0.4, 0.5) is 5.82 Å². The molecule has 2 atom stereocenters. The lowest BCUT2D eigenvalue weighted by atomic mass is 9.93. The van der Waals surface area contributed by atoms with Gasteiger partial charge in [0.25, 0.3) is 0 Å². The third-order valence-electron chi connectivity index (χ3n) is 2.86. The third kappa shape index (κ3) is 3.17. The van der Waals surface area contributed by atoms with E-state index in [2.05, 4.69) is 4.98 Å². The van der Waals surface area contributed by atoms with Gasteiger partial charge in [-0.2, -0.15) is 0 Å². The van der Waals surface area contributed by atoms with E-state index in [4.69, 9.17) is 10.5 Å². The number of nitrogens with zero attached hydrogens (tertiary/aromatic N) is 1. The Kier molecular flexibility index (Phi) is 4.90. The predicted octanol–water partition coefficient (Wildman–Crippen LogP) is 2.07. The molecule has 96 valence electrons. The Morgan fingerprint density at radius 2 is 2.12 bits per heavy atom. The number of ether oxygens (including phenoxy) is 1. The standard InChI is InChI=1S/C13H22N2O2/c1-5-17-12(8(2)3)11(16)10-9(4)6-7-15-13(10)14/h6-8,11-12,16H,5H2,1-4H3,(H2,14,15). The number of aromatic nitrogens is 1. The van der Waals surface area contributed by atoms with Crippen molar-refractivity contribution in [3.63, 3.8) is 0 Å². The highest BCUT2D eigenvalue weighted by atomic mass is 16.5. The van der Waals surface area contributed by atoms with Crippen LogP contribution >= 0.6 is 0 Å². The van der Waals surface area contributed by atoms with Gasteiger partial charge in [-0.15, -0.1) is 0 Å². The first-order chi connectivity index (χ1) is 7.99. The summed E-state index contributed by atoms with van der Waals surface area (Å²) < 4.78 is 5.60. The molecule has 0 aliphatic carbocycles. The van der Waals surface area contributed by atoms with Gasteiger partial charge >= 0.3 is 0 Å². The Labute approximate surface area is 103 Å². The van der Waals surface area contributed by atoms with Crippen molar-refractivity contribution in [1.29, 1.82) is 0 Å². The molecule has 0 saturated heterocycles. The van der Waals surface area contributed by atoms with E-state index in [0.717, 1.165) is 5.56 Å². The Morgan fingerprint density at radius 1 is 1.47 bits per heavy atom. The summed E-state index contributed by atoms with van der Waals surface area (Å²) in [4.78, 5) is 4.03. The minimum Gasteiger partial charge on any atom is -0.386 e. The number of aliphatic hydroxyl groups is 1. The molecule has 3 N–H and O–H groups in total. The zero-order chi connectivity index (χ0) is 13.0. The summed E-state index contributed by atoms with van der Waals surface area (Å²) in [5.74, 6) is 0.590. The molecule has 0 fully saturated rings. The van der Waals surface area contributed by atoms with Crippen molar-refractivity contribution >= 4 is 5.82 Å². The average molecular weight is 238 g/mol. The van der Waals surface area contributed by atoms with Crippen LogP contribution in [-0.2, 0) is 4.74 Å². The van der Waals surface area contributed by atoms with E-state index in [0.29, 0.717) is 18.0 Å². The molecule has 0 aromatic carbocycles. The van der Waals surface area contributed by atoms with Gasteiger partial charge in [-0.1, -0.05) is 13.8 Å². The maximum atomic E-state index is 10.4. The maximum absolute atomic E-state index is 10.4. The van der Waals surface area contributed by atoms with E-state index in [1.54, 1.807) is 6.20 Å². The van der Waals surface area contributed by atoms with Crippen LogP contribution in [-0.4, -0.2) is 22.8 Å². The number of aryl methyl sites for hydroxylation is 1. The van der Waals surface area contributed by atoms with Gasteiger partial charge in [-0.05, 0) is 31.4 Å². The molecule has 0 radical (unpaired) electrons. The fourth-order valence-electron chi connectivity index (χ4n) is 1.98.